The predicted molar refractivity (Wildman–Crippen MR) is 116 cm³/mol. The first-order valence-corrected chi connectivity index (χ1v) is 9.47. The molecule has 4 nitrogen and oxygen atoms in total. The van der Waals surface area contributed by atoms with Gasteiger partial charge in [0.25, 0.3) is 5.91 Å². The second kappa shape index (κ2) is 9.01. The quantitative estimate of drug-likeness (QED) is 0.353. The zero-order valence-corrected chi connectivity index (χ0v) is 16.1. The third-order valence-electron chi connectivity index (χ3n) is 4.62. The fourth-order valence-corrected chi connectivity index (χ4v) is 3.09. The van der Waals surface area contributed by atoms with E-state index in [1.165, 1.54) is 35.2 Å². The van der Waals surface area contributed by atoms with Gasteiger partial charge in [0.1, 0.15) is 18.2 Å². The maximum absolute atomic E-state index is 13.2. The van der Waals surface area contributed by atoms with Crippen LogP contribution in [0.15, 0.2) is 96.1 Å². The summed E-state index contributed by atoms with van der Waals surface area (Å²) in [5, 5.41) is 6.28. The molecule has 0 spiro atoms. The number of nitrogens with zero attached hydrogens (tertiary/aromatic N) is 1. The largest absolute Gasteiger partial charge is 0.489 e. The number of halogens is 1. The molecule has 4 aromatic rings. The smallest absolute Gasteiger partial charge is 0.271 e. The topological polar surface area (TPSA) is 50.7 Å². The van der Waals surface area contributed by atoms with Crippen LogP contribution < -0.4 is 10.2 Å². The van der Waals surface area contributed by atoms with Crippen LogP contribution in [0.5, 0.6) is 5.75 Å². The Balaban J connectivity index is 1.35. The van der Waals surface area contributed by atoms with E-state index in [0.717, 1.165) is 22.9 Å². The van der Waals surface area contributed by atoms with Crippen LogP contribution in [-0.4, -0.2) is 12.1 Å². The van der Waals surface area contributed by atoms with Crippen LogP contribution in [-0.2, 0) is 6.61 Å². The molecule has 4 rings (SSSR count). The van der Waals surface area contributed by atoms with Gasteiger partial charge < -0.3 is 4.74 Å². The first kappa shape index (κ1) is 19.3. The van der Waals surface area contributed by atoms with Crippen molar-refractivity contribution in [2.45, 2.75) is 6.61 Å². The lowest BCUT2D eigenvalue weighted by Crippen LogP contribution is -2.17. The van der Waals surface area contributed by atoms with Gasteiger partial charge in [-0.15, -0.1) is 0 Å². The number of rotatable bonds is 6. The molecule has 0 atom stereocenters. The summed E-state index contributed by atoms with van der Waals surface area (Å²) in [5.74, 6) is -0.199. The van der Waals surface area contributed by atoms with Crippen LogP contribution in [0.4, 0.5) is 4.39 Å². The van der Waals surface area contributed by atoms with Crippen molar-refractivity contribution >= 4 is 22.9 Å². The number of nitrogens with one attached hydrogen (secondary N) is 1. The van der Waals surface area contributed by atoms with Gasteiger partial charge >= 0.3 is 0 Å². The van der Waals surface area contributed by atoms with Crippen LogP contribution in [0, 0.1) is 5.82 Å². The van der Waals surface area contributed by atoms with E-state index in [9.17, 15) is 9.18 Å². The van der Waals surface area contributed by atoms with E-state index in [0.29, 0.717) is 6.61 Å². The molecule has 0 aliphatic rings. The van der Waals surface area contributed by atoms with E-state index in [4.69, 9.17) is 4.74 Å². The van der Waals surface area contributed by atoms with Gasteiger partial charge in [0.05, 0.1) is 6.21 Å². The first-order chi connectivity index (χ1) is 14.7. The summed E-state index contributed by atoms with van der Waals surface area (Å²) in [5.41, 5.74) is 4.52. The lowest BCUT2D eigenvalue weighted by molar-refractivity contribution is 0.0954. The monoisotopic (exact) mass is 398 g/mol. The molecule has 0 heterocycles. The fraction of sp³-hybridized carbons (Fsp3) is 0.0400. The van der Waals surface area contributed by atoms with E-state index < -0.39 is 11.7 Å². The highest BCUT2D eigenvalue weighted by molar-refractivity contribution is 5.94. The molecule has 0 radical (unpaired) electrons. The van der Waals surface area contributed by atoms with Crippen molar-refractivity contribution in [1.82, 2.24) is 5.43 Å². The minimum Gasteiger partial charge on any atom is -0.489 e. The van der Waals surface area contributed by atoms with Crippen molar-refractivity contribution < 1.29 is 13.9 Å². The highest BCUT2D eigenvalue weighted by Gasteiger charge is 2.05. The third kappa shape index (κ3) is 4.70. The van der Waals surface area contributed by atoms with Gasteiger partial charge in [-0.25, -0.2) is 9.82 Å². The molecule has 5 heteroatoms. The first-order valence-electron chi connectivity index (χ1n) is 9.47. The molecular weight excluding hydrogens is 379 g/mol. The summed E-state index contributed by atoms with van der Waals surface area (Å²) in [7, 11) is 0. The molecular formula is C25H19FN2O2. The Morgan fingerprint density at radius 3 is 2.53 bits per heavy atom. The molecule has 0 saturated heterocycles. The average Bonchev–Trinajstić information content (AvgIpc) is 2.78. The fourth-order valence-electron chi connectivity index (χ4n) is 3.09. The molecule has 4 aromatic carbocycles. The lowest BCUT2D eigenvalue weighted by Gasteiger charge is -2.09. The summed E-state index contributed by atoms with van der Waals surface area (Å²) in [6, 6.07) is 27.2. The second-order valence-electron chi connectivity index (χ2n) is 6.71. The van der Waals surface area contributed by atoms with E-state index in [-0.39, 0.29) is 5.56 Å². The Morgan fingerprint density at radius 1 is 0.933 bits per heavy atom. The summed E-state index contributed by atoms with van der Waals surface area (Å²) in [4.78, 5) is 11.9. The summed E-state index contributed by atoms with van der Waals surface area (Å²) in [6.07, 6.45) is 1.52. The normalized spacial score (nSPS) is 11.0. The van der Waals surface area contributed by atoms with Crippen LogP contribution in [0.1, 0.15) is 21.5 Å². The van der Waals surface area contributed by atoms with Crippen LogP contribution in [0.2, 0.25) is 0 Å². The molecule has 30 heavy (non-hydrogen) atoms. The lowest BCUT2D eigenvalue weighted by atomic mass is 10.1. The summed E-state index contributed by atoms with van der Waals surface area (Å²) < 4.78 is 19.1. The van der Waals surface area contributed by atoms with Gasteiger partial charge in [0.2, 0.25) is 0 Å². The van der Waals surface area contributed by atoms with Crippen molar-refractivity contribution in [2.24, 2.45) is 5.10 Å². The molecule has 0 unspecified atom stereocenters. The zero-order valence-electron chi connectivity index (χ0n) is 16.1. The summed E-state index contributed by atoms with van der Waals surface area (Å²) >= 11 is 0. The highest BCUT2D eigenvalue weighted by Crippen LogP contribution is 2.20. The third-order valence-corrected chi connectivity index (χ3v) is 4.62. The Kier molecular flexibility index (Phi) is 5.80. The minimum atomic E-state index is -0.471. The van der Waals surface area contributed by atoms with E-state index >= 15 is 0 Å². The molecule has 1 amide bonds. The number of benzene rings is 4. The molecule has 0 saturated carbocycles. The Bertz CT molecular complexity index is 1200. The number of carbonyl (C=O) groups excluding carboxylic acids is 1. The number of hydrogen-bond acceptors (Lipinski definition) is 3. The molecule has 0 aromatic heterocycles. The Hall–Kier alpha value is -3.99. The molecule has 0 aliphatic heterocycles. The molecule has 0 bridgehead atoms. The molecule has 1 N–H and O–H groups in total. The number of amides is 1. The average molecular weight is 398 g/mol. The highest BCUT2D eigenvalue weighted by atomic mass is 19.1. The van der Waals surface area contributed by atoms with Crippen molar-refractivity contribution in [1.29, 1.82) is 0 Å². The maximum atomic E-state index is 13.2. The number of hydrazone groups is 1. The van der Waals surface area contributed by atoms with Crippen molar-refractivity contribution in [3.8, 4) is 5.75 Å². The van der Waals surface area contributed by atoms with Crippen molar-refractivity contribution in [3.05, 3.63) is 114 Å². The van der Waals surface area contributed by atoms with Gasteiger partial charge in [-0.3, -0.25) is 4.79 Å². The molecule has 0 fully saturated rings. The standard InChI is InChI=1S/C25H19FN2O2/c26-22-9-4-7-20(15-22)25(29)28-27-16-18-11-13-23(14-12-18)30-17-21-8-3-6-19-5-1-2-10-24(19)21/h1-16H,17H2,(H,28,29)/b27-16+. The number of ether oxygens (including phenoxy) is 1. The van der Waals surface area contributed by atoms with Crippen molar-refractivity contribution in [3.63, 3.8) is 0 Å². The van der Waals surface area contributed by atoms with Gasteiger partial charge in [0, 0.05) is 5.56 Å². The van der Waals surface area contributed by atoms with Gasteiger partial charge in [-0.1, -0.05) is 48.5 Å². The maximum Gasteiger partial charge on any atom is 0.271 e. The van der Waals surface area contributed by atoms with Crippen LogP contribution in [0.25, 0.3) is 10.8 Å². The number of hydrogen-bond donors (Lipinski definition) is 1. The number of fused-ring (bicyclic) bond motifs is 1. The van der Waals surface area contributed by atoms with Crippen LogP contribution in [0.3, 0.4) is 0 Å². The zero-order chi connectivity index (χ0) is 20.8. The Labute approximate surface area is 173 Å². The van der Waals surface area contributed by atoms with Crippen molar-refractivity contribution in [2.75, 3.05) is 0 Å². The predicted octanol–water partition coefficient (Wildman–Crippen LogP) is 5.32. The molecule has 0 aliphatic carbocycles. The van der Waals surface area contributed by atoms with E-state index in [1.54, 1.807) is 0 Å². The Morgan fingerprint density at radius 2 is 1.70 bits per heavy atom. The van der Waals surface area contributed by atoms with Gasteiger partial charge in [0.15, 0.2) is 0 Å². The van der Waals surface area contributed by atoms with E-state index in [1.807, 2.05) is 42.5 Å². The van der Waals surface area contributed by atoms with Gasteiger partial charge in [-0.2, -0.15) is 5.10 Å². The second-order valence-corrected chi connectivity index (χ2v) is 6.71. The van der Waals surface area contributed by atoms with Gasteiger partial charge in [-0.05, 0) is 64.4 Å². The summed E-state index contributed by atoms with van der Waals surface area (Å²) in [6.45, 7) is 0.471. The minimum absolute atomic E-state index is 0.212. The van der Waals surface area contributed by atoms with Crippen LogP contribution >= 0.6 is 0 Å². The molecule has 148 valence electrons. The van der Waals surface area contributed by atoms with E-state index in [2.05, 4.69) is 34.8 Å². The number of carbonyl (C=O) groups is 1. The SMILES string of the molecule is O=C(N/N=C/c1ccc(OCc2cccc3ccccc23)cc1)c1cccc(F)c1.